The molecule has 15 heavy (non-hydrogen) atoms. The number of carbonyl (C=O) groups is 2. The number of hydrogen-bond acceptors (Lipinski definition) is 4. The molecule has 0 aliphatic carbocycles. The van der Waals surface area contributed by atoms with Gasteiger partial charge in [-0.2, -0.15) is 0 Å². The van der Waals surface area contributed by atoms with Gasteiger partial charge < -0.3 is 10.2 Å². The second-order valence-corrected chi connectivity index (χ2v) is 2.73. The summed E-state index contributed by atoms with van der Waals surface area (Å²) in [6, 6.07) is 0. The molecule has 0 saturated carbocycles. The van der Waals surface area contributed by atoms with Gasteiger partial charge in [0, 0.05) is 0 Å². The van der Waals surface area contributed by atoms with Crippen molar-refractivity contribution >= 4 is 11.6 Å². The zero-order chi connectivity index (χ0) is 11.7. The summed E-state index contributed by atoms with van der Waals surface area (Å²) in [6.45, 7) is 5.39. The predicted molar refractivity (Wildman–Crippen MR) is 48.9 cm³/mol. The van der Waals surface area contributed by atoms with E-state index >= 15 is 0 Å². The van der Waals surface area contributed by atoms with Gasteiger partial charge in [0.1, 0.15) is 0 Å². The molecule has 83 valence electrons. The van der Waals surface area contributed by atoms with Gasteiger partial charge in [0.25, 0.3) is 0 Å². The molecule has 0 aliphatic rings. The summed E-state index contributed by atoms with van der Waals surface area (Å²) in [6.07, 6.45) is 2.11. The van der Waals surface area contributed by atoms with Crippen molar-refractivity contribution in [3.8, 4) is 0 Å². The third-order valence-electron chi connectivity index (χ3n) is 0.813. The monoisotopic (exact) mass is 249 g/mol. The number of ketones is 2. The summed E-state index contributed by atoms with van der Waals surface area (Å²) in [4.78, 5) is 20.0. The van der Waals surface area contributed by atoms with Crippen molar-refractivity contribution in [2.45, 2.75) is 27.7 Å². The Hall–Kier alpha value is -0.996. The Balaban J connectivity index is -0.000000180. The van der Waals surface area contributed by atoms with E-state index in [1.165, 1.54) is 27.7 Å². The first-order valence-electron chi connectivity index (χ1n) is 3.97. The van der Waals surface area contributed by atoms with Crippen LogP contribution in [-0.4, -0.2) is 11.6 Å². The van der Waals surface area contributed by atoms with Gasteiger partial charge in [-0.3, -0.25) is 9.59 Å². The van der Waals surface area contributed by atoms with Crippen LogP contribution < -0.4 is 10.2 Å². The number of hydrogen-bond donors (Lipinski definition) is 0. The molecule has 4 nitrogen and oxygen atoms in total. The molecule has 0 unspecified atom stereocenters. The molecule has 0 heterocycles. The van der Waals surface area contributed by atoms with Crippen LogP contribution in [0.5, 0.6) is 0 Å². The van der Waals surface area contributed by atoms with E-state index in [1.54, 1.807) is 0 Å². The fraction of sp³-hybridized carbons (Fsp3) is 0.400. The van der Waals surface area contributed by atoms with Gasteiger partial charge in [-0.05, 0) is 26.0 Å². The maximum Gasteiger partial charge on any atom is 2.00 e. The van der Waals surface area contributed by atoms with E-state index < -0.39 is 0 Å². The summed E-state index contributed by atoms with van der Waals surface area (Å²) in [7, 11) is 0. The number of allylic oxidation sites excluding steroid dienone is 4. The Morgan fingerprint density at radius 3 is 1.00 bits per heavy atom. The minimum atomic E-state index is -0.187. The van der Waals surface area contributed by atoms with Crippen LogP contribution in [0.25, 0.3) is 0 Å². The molecular weight excluding hydrogens is 235 g/mol. The molecule has 0 atom stereocenters. The molecule has 0 amide bonds. The van der Waals surface area contributed by atoms with E-state index in [0.717, 1.165) is 12.2 Å². The van der Waals surface area contributed by atoms with Crippen LogP contribution in [0.3, 0.4) is 0 Å². The molecule has 5 heteroatoms. The van der Waals surface area contributed by atoms with Crippen LogP contribution in [0.4, 0.5) is 0 Å². The Bertz CT molecular complexity index is 231. The molecule has 0 aromatic heterocycles. The summed E-state index contributed by atoms with van der Waals surface area (Å²) in [5.74, 6) is -0.750. The van der Waals surface area contributed by atoms with Gasteiger partial charge >= 0.3 is 18.6 Å². The van der Waals surface area contributed by atoms with E-state index in [-0.39, 0.29) is 41.6 Å². The number of carbonyl (C=O) groups excluding carboxylic acids is 2. The molecule has 0 rings (SSSR count). The summed E-state index contributed by atoms with van der Waals surface area (Å²) < 4.78 is 0. The molecule has 1 radical (unpaired) electrons. The van der Waals surface area contributed by atoms with Gasteiger partial charge in [0.2, 0.25) is 0 Å². The maximum absolute atomic E-state index is 9.98. The van der Waals surface area contributed by atoms with Crippen molar-refractivity contribution in [3.05, 3.63) is 23.7 Å². The molecule has 0 saturated heterocycles. The third kappa shape index (κ3) is 32.1. The fourth-order valence-corrected chi connectivity index (χ4v) is 0.572. The summed E-state index contributed by atoms with van der Waals surface area (Å²) in [5, 5.41) is 20.0. The molecule has 0 spiro atoms. The maximum atomic E-state index is 9.98. The molecule has 0 aromatic carbocycles. The summed E-state index contributed by atoms with van der Waals surface area (Å²) >= 11 is 0. The average molecular weight is 249 g/mol. The van der Waals surface area contributed by atoms with Crippen LogP contribution in [0.2, 0.25) is 0 Å². The van der Waals surface area contributed by atoms with Crippen molar-refractivity contribution in [1.29, 1.82) is 0 Å². The summed E-state index contributed by atoms with van der Waals surface area (Å²) in [5.41, 5.74) is 0. The molecule has 0 bridgehead atoms. The van der Waals surface area contributed by atoms with Crippen molar-refractivity contribution in [3.63, 3.8) is 0 Å². The van der Waals surface area contributed by atoms with Crippen molar-refractivity contribution < 1.29 is 38.4 Å². The normalized spacial score (nSPS) is 10.7. The fourth-order valence-electron chi connectivity index (χ4n) is 0.572. The van der Waals surface area contributed by atoms with Crippen LogP contribution in [0, 0.1) is 0 Å². The zero-order valence-electron chi connectivity index (χ0n) is 9.23. The molecule has 0 aromatic rings. The Morgan fingerprint density at radius 2 is 1.00 bits per heavy atom. The van der Waals surface area contributed by atoms with Crippen LogP contribution in [-0.2, 0) is 28.1 Å². The average Bonchev–Trinajstić information content (AvgIpc) is 1.79. The third-order valence-corrected chi connectivity index (χ3v) is 0.813. The van der Waals surface area contributed by atoms with E-state index in [4.69, 9.17) is 0 Å². The molecular formula is C10H14O4V. The predicted octanol–water partition coefficient (Wildman–Crippen LogP) is -0.324. The molecule has 0 aliphatic heterocycles. The van der Waals surface area contributed by atoms with E-state index in [9.17, 15) is 19.8 Å². The topological polar surface area (TPSA) is 80.3 Å². The van der Waals surface area contributed by atoms with Crippen molar-refractivity contribution in [2.75, 3.05) is 0 Å². The number of rotatable bonds is 2. The van der Waals surface area contributed by atoms with Gasteiger partial charge in [-0.1, -0.05) is 13.8 Å². The van der Waals surface area contributed by atoms with Crippen LogP contribution in [0.1, 0.15) is 27.7 Å². The standard InChI is InChI=1S/2C5H8O2.V/c2*1-4(6)3-5(2)7;/h2*3,6H,1-2H3;/q;;+2/p-2/b2*4-3-;. The Labute approximate surface area is 102 Å². The second kappa shape index (κ2) is 11.1. The van der Waals surface area contributed by atoms with E-state index in [2.05, 4.69) is 0 Å². The smallest absolute Gasteiger partial charge is 0.876 e. The van der Waals surface area contributed by atoms with Crippen molar-refractivity contribution in [1.82, 2.24) is 0 Å². The Morgan fingerprint density at radius 1 is 0.800 bits per heavy atom. The molecule has 0 fully saturated rings. The minimum Gasteiger partial charge on any atom is -0.876 e. The molecule has 0 N–H and O–H groups in total. The first-order chi connectivity index (χ1) is 6.25. The van der Waals surface area contributed by atoms with E-state index in [1.807, 2.05) is 0 Å². The first kappa shape index (κ1) is 19.6. The van der Waals surface area contributed by atoms with Gasteiger partial charge in [0.05, 0.1) is 0 Å². The van der Waals surface area contributed by atoms with Crippen LogP contribution in [0.15, 0.2) is 23.7 Å². The van der Waals surface area contributed by atoms with Gasteiger partial charge in [-0.25, -0.2) is 0 Å². The first-order valence-corrected chi connectivity index (χ1v) is 3.97. The SMILES string of the molecule is CC(=O)/C=C(/C)[O-].CC(=O)/C=C(/C)[O-].[V+2]. The largest absolute Gasteiger partial charge is 2.00 e. The van der Waals surface area contributed by atoms with Gasteiger partial charge in [0.15, 0.2) is 11.6 Å². The zero-order valence-corrected chi connectivity index (χ0v) is 10.6. The second-order valence-electron chi connectivity index (χ2n) is 2.73. The Kier molecular flexibility index (Phi) is 14.4. The van der Waals surface area contributed by atoms with Crippen LogP contribution >= 0.6 is 0 Å². The minimum absolute atomic E-state index is 0. The van der Waals surface area contributed by atoms with E-state index in [0.29, 0.717) is 0 Å². The van der Waals surface area contributed by atoms with Crippen molar-refractivity contribution in [2.24, 2.45) is 0 Å². The van der Waals surface area contributed by atoms with Gasteiger partial charge in [-0.15, -0.1) is 11.5 Å². The quantitative estimate of drug-likeness (QED) is 0.496.